The molecule has 0 atom stereocenters. The number of anilines is 2. The molecule has 3 N–H and O–H groups in total. The van der Waals surface area contributed by atoms with E-state index in [2.05, 4.69) is 15.5 Å². The molecule has 18 heavy (non-hydrogen) atoms. The molecular formula is C11H14N4O2S. The van der Waals surface area contributed by atoms with Crippen molar-refractivity contribution in [1.82, 2.24) is 10.1 Å². The number of aryl methyl sites for hydroxylation is 1. The first-order valence-corrected chi connectivity index (χ1v) is 6.37. The number of aromatic nitrogens is 2. The van der Waals surface area contributed by atoms with Crippen LogP contribution < -0.4 is 11.1 Å². The van der Waals surface area contributed by atoms with Crippen LogP contribution in [0.2, 0.25) is 0 Å². The number of hydrogen-bond acceptors (Lipinski definition) is 7. The van der Waals surface area contributed by atoms with Crippen molar-refractivity contribution < 1.29 is 9.32 Å². The maximum atomic E-state index is 11.6. The van der Waals surface area contributed by atoms with Crippen LogP contribution in [-0.4, -0.2) is 15.9 Å². The molecule has 0 amide bonds. The first-order valence-electron chi connectivity index (χ1n) is 5.55. The molecular weight excluding hydrogens is 252 g/mol. The Bertz CT molecular complexity index is 561. The van der Waals surface area contributed by atoms with Crippen LogP contribution in [0, 0.1) is 6.92 Å². The smallest absolute Gasteiger partial charge is 0.223 e. The Morgan fingerprint density at radius 3 is 3.00 bits per heavy atom. The molecule has 0 saturated heterocycles. The van der Waals surface area contributed by atoms with Crippen LogP contribution in [0.3, 0.4) is 0 Å². The molecule has 0 unspecified atom stereocenters. The Morgan fingerprint density at radius 1 is 1.61 bits per heavy atom. The molecule has 0 radical (unpaired) electrons. The van der Waals surface area contributed by atoms with E-state index in [1.54, 1.807) is 13.0 Å². The van der Waals surface area contributed by atoms with Crippen molar-refractivity contribution in [2.75, 3.05) is 11.1 Å². The number of nitrogens with one attached hydrogen (secondary N) is 1. The highest BCUT2D eigenvalue weighted by Gasteiger charge is 2.13. The predicted octanol–water partition coefficient (Wildman–Crippen LogP) is 2.23. The lowest BCUT2D eigenvalue weighted by Crippen LogP contribution is -1.99. The van der Waals surface area contributed by atoms with Gasteiger partial charge in [-0.25, -0.2) is 0 Å². The summed E-state index contributed by atoms with van der Waals surface area (Å²) in [4.78, 5) is 16.3. The molecule has 0 spiro atoms. The van der Waals surface area contributed by atoms with Gasteiger partial charge in [0.1, 0.15) is 0 Å². The van der Waals surface area contributed by atoms with Gasteiger partial charge in [-0.1, -0.05) is 12.1 Å². The number of ketones is 1. The third-order valence-corrected chi connectivity index (χ3v) is 3.48. The van der Waals surface area contributed by atoms with Gasteiger partial charge in [-0.15, -0.1) is 11.3 Å². The average molecular weight is 266 g/mol. The first kappa shape index (κ1) is 12.6. The van der Waals surface area contributed by atoms with E-state index in [1.165, 1.54) is 11.3 Å². The second kappa shape index (κ2) is 5.18. The number of Topliss-reactive ketones (excluding diaryl/α,β-unsaturated/α-hetero) is 1. The van der Waals surface area contributed by atoms with Crippen LogP contribution in [-0.2, 0) is 6.54 Å². The number of thiophene rings is 1. The quantitative estimate of drug-likeness (QED) is 0.806. The lowest BCUT2D eigenvalue weighted by molar-refractivity contribution is 0.0993. The third-order valence-electron chi connectivity index (χ3n) is 2.33. The zero-order valence-corrected chi connectivity index (χ0v) is 11.0. The average Bonchev–Trinajstić information content (AvgIpc) is 2.92. The Kier molecular flexibility index (Phi) is 3.61. The summed E-state index contributed by atoms with van der Waals surface area (Å²) in [5, 5.41) is 7.71. The van der Waals surface area contributed by atoms with Crippen LogP contribution >= 0.6 is 11.3 Å². The van der Waals surface area contributed by atoms with Crippen molar-refractivity contribution in [3.8, 4) is 0 Å². The fourth-order valence-corrected chi connectivity index (χ4v) is 2.44. The lowest BCUT2D eigenvalue weighted by Gasteiger charge is -1.97. The molecule has 0 saturated carbocycles. The van der Waals surface area contributed by atoms with E-state index in [9.17, 15) is 4.79 Å². The second-order valence-electron chi connectivity index (χ2n) is 3.76. The van der Waals surface area contributed by atoms with Crippen LogP contribution in [0.1, 0.15) is 34.7 Å². The molecule has 2 aromatic heterocycles. The van der Waals surface area contributed by atoms with Gasteiger partial charge >= 0.3 is 0 Å². The second-order valence-corrected chi connectivity index (χ2v) is 4.81. The molecule has 96 valence electrons. The molecule has 2 rings (SSSR count). The van der Waals surface area contributed by atoms with E-state index >= 15 is 0 Å². The van der Waals surface area contributed by atoms with E-state index < -0.39 is 0 Å². The molecule has 2 heterocycles. The predicted molar refractivity (Wildman–Crippen MR) is 69.7 cm³/mol. The normalized spacial score (nSPS) is 10.6. The molecule has 0 aromatic carbocycles. The molecule has 0 aliphatic heterocycles. The first-order chi connectivity index (χ1) is 8.60. The van der Waals surface area contributed by atoms with E-state index in [0.29, 0.717) is 35.2 Å². The van der Waals surface area contributed by atoms with Gasteiger partial charge in [0.05, 0.1) is 22.1 Å². The Labute approximate surface area is 108 Å². The third kappa shape index (κ3) is 2.67. The highest BCUT2D eigenvalue weighted by Crippen LogP contribution is 2.30. The number of hydrogen-bond donors (Lipinski definition) is 2. The molecule has 7 heteroatoms. The molecule has 6 nitrogen and oxygen atoms in total. The molecule has 0 bridgehead atoms. The summed E-state index contributed by atoms with van der Waals surface area (Å²) in [5.74, 6) is 1.16. The zero-order chi connectivity index (χ0) is 13.1. The lowest BCUT2D eigenvalue weighted by atomic mass is 10.2. The fraction of sp³-hybridized carbons (Fsp3) is 0.364. The summed E-state index contributed by atoms with van der Waals surface area (Å²) < 4.78 is 4.86. The van der Waals surface area contributed by atoms with Crippen molar-refractivity contribution in [1.29, 1.82) is 0 Å². The van der Waals surface area contributed by atoms with Gasteiger partial charge in [-0.3, -0.25) is 4.79 Å². The van der Waals surface area contributed by atoms with Crippen LogP contribution in [0.5, 0.6) is 0 Å². The topological polar surface area (TPSA) is 94.0 Å². The van der Waals surface area contributed by atoms with Crippen LogP contribution in [0.4, 0.5) is 10.7 Å². The van der Waals surface area contributed by atoms with Crippen molar-refractivity contribution in [2.24, 2.45) is 0 Å². The van der Waals surface area contributed by atoms with E-state index in [-0.39, 0.29) is 5.78 Å². The maximum absolute atomic E-state index is 11.6. The van der Waals surface area contributed by atoms with Gasteiger partial charge in [-0.05, 0) is 6.07 Å². The van der Waals surface area contributed by atoms with E-state index in [0.717, 1.165) is 5.00 Å². The number of carbonyl (C=O) groups is 1. The number of nitrogens with zero attached hydrogens (tertiary/aromatic N) is 2. The van der Waals surface area contributed by atoms with Gasteiger partial charge in [-0.2, -0.15) is 4.98 Å². The summed E-state index contributed by atoms with van der Waals surface area (Å²) in [6, 6.07) is 1.75. The van der Waals surface area contributed by atoms with Crippen molar-refractivity contribution >= 4 is 27.8 Å². The standard InChI is InChI=1S/C11H14N4O2S/c1-3-8(16)11-7(12)4-10(18-11)13-5-9-14-6(2)17-15-9/h4,13H,3,5,12H2,1-2H3. The zero-order valence-electron chi connectivity index (χ0n) is 10.2. The summed E-state index contributed by atoms with van der Waals surface area (Å²) >= 11 is 1.35. The minimum atomic E-state index is 0.0564. The summed E-state index contributed by atoms with van der Waals surface area (Å²) in [6.07, 6.45) is 0.453. The van der Waals surface area contributed by atoms with Gasteiger partial charge < -0.3 is 15.6 Å². The summed E-state index contributed by atoms with van der Waals surface area (Å²) in [7, 11) is 0. The number of carbonyl (C=O) groups excluding carboxylic acids is 1. The van der Waals surface area contributed by atoms with Gasteiger partial charge in [0.2, 0.25) is 5.89 Å². The van der Waals surface area contributed by atoms with Crippen molar-refractivity contribution in [3.05, 3.63) is 22.7 Å². The highest BCUT2D eigenvalue weighted by molar-refractivity contribution is 7.18. The Morgan fingerprint density at radius 2 is 2.39 bits per heavy atom. The SMILES string of the molecule is CCC(=O)c1sc(NCc2noc(C)n2)cc1N. The van der Waals surface area contributed by atoms with Crippen molar-refractivity contribution in [2.45, 2.75) is 26.8 Å². The van der Waals surface area contributed by atoms with Gasteiger partial charge in [0.25, 0.3) is 0 Å². The summed E-state index contributed by atoms with van der Waals surface area (Å²) in [5.41, 5.74) is 6.30. The minimum absolute atomic E-state index is 0.0564. The molecule has 2 aromatic rings. The monoisotopic (exact) mass is 266 g/mol. The fourth-order valence-electron chi connectivity index (χ4n) is 1.45. The molecule has 0 aliphatic rings. The number of nitrogen functional groups attached to an aromatic ring is 1. The van der Waals surface area contributed by atoms with Crippen molar-refractivity contribution in [3.63, 3.8) is 0 Å². The Hall–Kier alpha value is -1.89. The van der Waals surface area contributed by atoms with Gasteiger partial charge in [0, 0.05) is 13.3 Å². The number of nitrogens with two attached hydrogens (primary N) is 1. The Balaban J connectivity index is 2.04. The van der Waals surface area contributed by atoms with Crippen LogP contribution in [0.15, 0.2) is 10.6 Å². The minimum Gasteiger partial charge on any atom is -0.397 e. The highest BCUT2D eigenvalue weighted by atomic mass is 32.1. The van der Waals surface area contributed by atoms with Crippen LogP contribution in [0.25, 0.3) is 0 Å². The largest absolute Gasteiger partial charge is 0.397 e. The van der Waals surface area contributed by atoms with E-state index in [4.69, 9.17) is 10.3 Å². The number of rotatable bonds is 5. The van der Waals surface area contributed by atoms with E-state index in [1.807, 2.05) is 6.92 Å². The molecule has 0 fully saturated rings. The van der Waals surface area contributed by atoms with Gasteiger partial charge in [0.15, 0.2) is 11.6 Å². The maximum Gasteiger partial charge on any atom is 0.223 e. The summed E-state index contributed by atoms with van der Waals surface area (Å²) in [6.45, 7) is 3.99. The molecule has 0 aliphatic carbocycles.